The van der Waals surface area contributed by atoms with Crippen LogP contribution in [0.3, 0.4) is 0 Å². The zero-order valence-corrected chi connectivity index (χ0v) is 14.5. The summed E-state index contributed by atoms with van der Waals surface area (Å²) in [6, 6.07) is 11.7. The molecule has 0 spiro atoms. The molecule has 132 valence electrons. The molecule has 6 heteroatoms. The van der Waals surface area contributed by atoms with Crippen LogP contribution in [0.1, 0.15) is 23.6 Å². The molecule has 3 rings (SSSR count). The van der Waals surface area contributed by atoms with Crippen molar-refractivity contribution in [2.45, 2.75) is 18.5 Å². The summed E-state index contributed by atoms with van der Waals surface area (Å²) in [5, 5.41) is 6.34. The van der Waals surface area contributed by atoms with Gasteiger partial charge in [-0.2, -0.15) is 11.8 Å². The molecule has 0 bridgehead atoms. The normalized spacial score (nSPS) is 17.5. The van der Waals surface area contributed by atoms with Crippen molar-refractivity contribution in [3.63, 3.8) is 0 Å². The second kappa shape index (κ2) is 8.45. The van der Waals surface area contributed by atoms with Crippen LogP contribution >= 0.6 is 11.8 Å². The Morgan fingerprint density at radius 3 is 2.12 bits per heavy atom. The largest absolute Gasteiger partial charge is 0.345 e. The van der Waals surface area contributed by atoms with E-state index in [1.807, 2.05) is 11.8 Å². The summed E-state index contributed by atoms with van der Waals surface area (Å²) in [7, 11) is 0. The van der Waals surface area contributed by atoms with Gasteiger partial charge in [-0.15, -0.1) is 0 Å². The predicted molar refractivity (Wildman–Crippen MR) is 96.5 cm³/mol. The molecule has 25 heavy (non-hydrogen) atoms. The third-order valence-corrected chi connectivity index (χ3v) is 5.27. The number of nitrogens with one attached hydrogen (secondary N) is 2. The predicted octanol–water partition coefficient (Wildman–Crippen LogP) is 3.27. The van der Waals surface area contributed by atoms with E-state index in [1.165, 1.54) is 24.3 Å². The SMILES string of the molecule is O=C(CC1CSCCN1)NC(c1ccc(F)cc1)c1ccc(F)cc1. The van der Waals surface area contributed by atoms with Gasteiger partial charge < -0.3 is 10.6 Å². The molecular weight excluding hydrogens is 342 g/mol. The van der Waals surface area contributed by atoms with Crippen LogP contribution in [0, 0.1) is 11.6 Å². The van der Waals surface area contributed by atoms with Gasteiger partial charge in [-0.3, -0.25) is 4.79 Å². The number of carbonyl (C=O) groups excluding carboxylic acids is 1. The highest BCUT2D eigenvalue weighted by Gasteiger charge is 2.21. The summed E-state index contributed by atoms with van der Waals surface area (Å²) in [6.07, 6.45) is 0.381. The lowest BCUT2D eigenvalue weighted by molar-refractivity contribution is -0.122. The topological polar surface area (TPSA) is 41.1 Å². The van der Waals surface area contributed by atoms with Gasteiger partial charge in [0, 0.05) is 30.5 Å². The molecule has 1 fully saturated rings. The van der Waals surface area contributed by atoms with Crippen LogP contribution in [0.4, 0.5) is 8.78 Å². The third-order valence-electron chi connectivity index (χ3n) is 4.14. The molecule has 0 radical (unpaired) electrons. The molecule has 0 saturated carbocycles. The van der Waals surface area contributed by atoms with E-state index in [4.69, 9.17) is 0 Å². The van der Waals surface area contributed by atoms with Crippen molar-refractivity contribution in [1.82, 2.24) is 10.6 Å². The maximum Gasteiger partial charge on any atom is 0.222 e. The van der Waals surface area contributed by atoms with E-state index in [0.717, 1.165) is 29.2 Å². The lowest BCUT2D eigenvalue weighted by atomic mass is 9.98. The molecule has 0 aliphatic carbocycles. The van der Waals surface area contributed by atoms with Crippen molar-refractivity contribution in [3.05, 3.63) is 71.3 Å². The lowest BCUT2D eigenvalue weighted by Crippen LogP contribution is -2.42. The second-order valence-corrected chi connectivity index (χ2v) is 7.18. The molecule has 0 aromatic heterocycles. The highest BCUT2D eigenvalue weighted by Crippen LogP contribution is 2.23. The minimum absolute atomic E-state index is 0.0846. The summed E-state index contributed by atoms with van der Waals surface area (Å²) in [5.74, 6) is 1.21. The molecule has 1 saturated heterocycles. The summed E-state index contributed by atoms with van der Waals surface area (Å²) in [5.41, 5.74) is 1.51. The number of amides is 1. The highest BCUT2D eigenvalue weighted by atomic mass is 32.2. The molecule has 1 unspecified atom stereocenters. The van der Waals surface area contributed by atoms with Gasteiger partial charge >= 0.3 is 0 Å². The van der Waals surface area contributed by atoms with Crippen molar-refractivity contribution in [2.24, 2.45) is 0 Å². The number of hydrogen-bond donors (Lipinski definition) is 2. The Hall–Kier alpha value is -1.92. The molecular formula is C19H20F2N2OS. The number of carbonyl (C=O) groups is 1. The van der Waals surface area contributed by atoms with Gasteiger partial charge in [-0.1, -0.05) is 24.3 Å². The quantitative estimate of drug-likeness (QED) is 0.858. The molecule has 2 aromatic carbocycles. The summed E-state index contributed by atoms with van der Waals surface area (Å²) < 4.78 is 26.5. The Labute approximate surface area is 150 Å². The van der Waals surface area contributed by atoms with Crippen LogP contribution in [0.2, 0.25) is 0 Å². The van der Waals surface area contributed by atoms with Crippen LogP contribution in [0.5, 0.6) is 0 Å². The van der Waals surface area contributed by atoms with Gasteiger partial charge in [0.1, 0.15) is 11.6 Å². The van der Waals surface area contributed by atoms with Gasteiger partial charge in [0.05, 0.1) is 6.04 Å². The Bertz CT molecular complexity index is 655. The summed E-state index contributed by atoms with van der Waals surface area (Å²) >= 11 is 1.83. The molecule has 1 heterocycles. The number of halogens is 2. The highest BCUT2D eigenvalue weighted by molar-refractivity contribution is 7.99. The smallest absolute Gasteiger partial charge is 0.222 e. The van der Waals surface area contributed by atoms with Gasteiger partial charge in [0.25, 0.3) is 0 Å². The van der Waals surface area contributed by atoms with E-state index in [0.29, 0.717) is 6.42 Å². The van der Waals surface area contributed by atoms with E-state index in [1.54, 1.807) is 24.3 Å². The Morgan fingerprint density at radius 2 is 1.64 bits per heavy atom. The van der Waals surface area contributed by atoms with Crippen molar-refractivity contribution in [1.29, 1.82) is 0 Å². The number of thioether (sulfide) groups is 1. The van der Waals surface area contributed by atoms with Gasteiger partial charge in [0.15, 0.2) is 0 Å². The van der Waals surface area contributed by atoms with Crippen molar-refractivity contribution >= 4 is 17.7 Å². The first-order valence-corrected chi connectivity index (χ1v) is 9.39. The van der Waals surface area contributed by atoms with Crippen molar-refractivity contribution < 1.29 is 13.6 Å². The maximum absolute atomic E-state index is 13.2. The van der Waals surface area contributed by atoms with Gasteiger partial charge in [-0.05, 0) is 35.4 Å². The van der Waals surface area contributed by atoms with Crippen LogP contribution < -0.4 is 10.6 Å². The monoisotopic (exact) mass is 362 g/mol. The van der Waals surface area contributed by atoms with E-state index >= 15 is 0 Å². The standard InChI is InChI=1S/C19H20F2N2OS/c20-15-5-1-13(2-6-15)19(14-3-7-16(21)8-4-14)23-18(24)11-17-12-25-10-9-22-17/h1-8,17,19,22H,9-12H2,(H,23,24). The van der Waals surface area contributed by atoms with Gasteiger partial charge in [0.2, 0.25) is 5.91 Å². The van der Waals surface area contributed by atoms with E-state index in [2.05, 4.69) is 10.6 Å². The Balaban J connectivity index is 1.76. The summed E-state index contributed by atoms with van der Waals surface area (Å²) in [6.45, 7) is 0.905. The van der Waals surface area contributed by atoms with E-state index in [-0.39, 0.29) is 23.6 Å². The molecule has 2 aromatic rings. The van der Waals surface area contributed by atoms with Crippen LogP contribution in [0.15, 0.2) is 48.5 Å². The zero-order chi connectivity index (χ0) is 17.6. The molecule has 1 aliphatic rings. The molecule has 2 N–H and O–H groups in total. The molecule has 1 amide bonds. The fourth-order valence-electron chi connectivity index (χ4n) is 2.86. The van der Waals surface area contributed by atoms with Crippen LogP contribution in [-0.4, -0.2) is 30.0 Å². The van der Waals surface area contributed by atoms with E-state index < -0.39 is 6.04 Å². The number of rotatable bonds is 5. The van der Waals surface area contributed by atoms with E-state index in [9.17, 15) is 13.6 Å². The Kier molecular flexibility index (Phi) is 6.04. The Morgan fingerprint density at radius 1 is 1.08 bits per heavy atom. The van der Waals surface area contributed by atoms with Crippen molar-refractivity contribution in [2.75, 3.05) is 18.1 Å². The third kappa shape index (κ3) is 5.03. The maximum atomic E-state index is 13.2. The first-order valence-electron chi connectivity index (χ1n) is 8.23. The minimum Gasteiger partial charge on any atom is -0.345 e. The average molecular weight is 362 g/mol. The first kappa shape index (κ1) is 17.9. The minimum atomic E-state index is -0.440. The fraction of sp³-hybridized carbons (Fsp3) is 0.316. The lowest BCUT2D eigenvalue weighted by Gasteiger charge is -2.25. The molecule has 1 aliphatic heterocycles. The fourth-order valence-corrected chi connectivity index (χ4v) is 3.81. The first-order chi connectivity index (χ1) is 12.1. The summed E-state index contributed by atoms with van der Waals surface area (Å²) in [4.78, 5) is 12.5. The number of benzene rings is 2. The van der Waals surface area contributed by atoms with Gasteiger partial charge in [-0.25, -0.2) is 8.78 Å². The second-order valence-electron chi connectivity index (χ2n) is 6.03. The number of hydrogen-bond acceptors (Lipinski definition) is 3. The zero-order valence-electron chi connectivity index (χ0n) is 13.7. The van der Waals surface area contributed by atoms with Crippen LogP contribution in [0.25, 0.3) is 0 Å². The van der Waals surface area contributed by atoms with Crippen LogP contribution in [-0.2, 0) is 4.79 Å². The average Bonchev–Trinajstić information content (AvgIpc) is 2.62. The molecule has 1 atom stereocenters. The van der Waals surface area contributed by atoms with Crippen molar-refractivity contribution in [3.8, 4) is 0 Å². The molecule has 3 nitrogen and oxygen atoms in total.